The molecule has 3 rings (SSSR count). The van der Waals surface area contributed by atoms with E-state index in [2.05, 4.69) is 43.5 Å². The molecular formula is C27H38ClN3O4. The largest absolute Gasteiger partial charge is 0.481 e. The lowest BCUT2D eigenvalue weighted by Gasteiger charge is -2.48. The SMILES string of the molecule is CC(=O)NCC1CCCC2(c3ccc(CCCC(C)(C)C)c(Cl)c3)NC(=O)N(CCC(=O)O)C=C12. The zero-order valence-electron chi connectivity index (χ0n) is 21.2. The lowest BCUT2D eigenvalue weighted by molar-refractivity contribution is -0.137. The van der Waals surface area contributed by atoms with E-state index in [4.69, 9.17) is 16.7 Å². The van der Waals surface area contributed by atoms with Gasteiger partial charge in [0.25, 0.3) is 0 Å². The molecule has 3 amide bonds. The van der Waals surface area contributed by atoms with Crippen molar-refractivity contribution in [2.45, 2.75) is 78.2 Å². The third kappa shape index (κ3) is 6.78. The maximum atomic E-state index is 13.1. The average Bonchev–Trinajstić information content (AvgIpc) is 2.76. The Labute approximate surface area is 213 Å². The Morgan fingerprint density at radius 3 is 2.69 bits per heavy atom. The molecule has 8 heteroatoms. The second-order valence-electron chi connectivity index (χ2n) is 11.0. The molecule has 1 heterocycles. The van der Waals surface area contributed by atoms with Crippen molar-refractivity contribution in [3.05, 3.63) is 46.1 Å². The van der Waals surface area contributed by atoms with E-state index < -0.39 is 11.5 Å². The molecule has 1 aliphatic heterocycles. The number of carboxylic acids is 1. The fraction of sp³-hybridized carbons (Fsp3) is 0.593. The number of hydrogen-bond acceptors (Lipinski definition) is 3. The zero-order valence-corrected chi connectivity index (χ0v) is 22.0. The van der Waals surface area contributed by atoms with E-state index in [-0.39, 0.29) is 36.2 Å². The summed E-state index contributed by atoms with van der Waals surface area (Å²) in [6.45, 7) is 8.74. The molecule has 0 bridgehead atoms. The maximum Gasteiger partial charge on any atom is 0.322 e. The lowest BCUT2D eigenvalue weighted by atomic mass is 9.67. The predicted molar refractivity (Wildman–Crippen MR) is 137 cm³/mol. The first kappa shape index (κ1) is 27.1. The molecule has 0 saturated heterocycles. The van der Waals surface area contributed by atoms with E-state index in [1.165, 1.54) is 11.8 Å². The minimum absolute atomic E-state index is 0.0193. The van der Waals surface area contributed by atoms with Crippen molar-refractivity contribution in [1.82, 2.24) is 15.5 Å². The standard InChI is InChI=1S/C27H38ClN3O4/c1-18(32)29-16-20-8-6-13-27(22(20)17-31(25(35)30-27)14-11-24(33)34)21-10-9-19(23(28)15-21)7-5-12-26(2,3)4/h9-10,15,17,20H,5-8,11-14,16H2,1-4H3,(H,29,32)(H,30,35)(H,33,34). The number of hydrogen-bond donors (Lipinski definition) is 3. The number of benzene rings is 1. The van der Waals surface area contributed by atoms with Crippen molar-refractivity contribution in [3.63, 3.8) is 0 Å². The molecule has 1 saturated carbocycles. The van der Waals surface area contributed by atoms with Gasteiger partial charge in [-0.3, -0.25) is 9.59 Å². The fourth-order valence-corrected chi connectivity index (χ4v) is 5.44. The topological polar surface area (TPSA) is 98.7 Å². The number of nitrogens with one attached hydrogen (secondary N) is 2. The molecule has 2 aliphatic rings. The van der Waals surface area contributed by atoms with Gasteiger partial charge in [0.05, 0.1) is 12.0 Å². The summed E-state index contributed by atoms with van der Waals surface area (Å²) in [6.07, 6.45) is 7.17. The highest BCUT2D eigenvalue weighted by Gasteiger charge is 2.47. The summed E-state index contributed by atoms with van der Waals surface area (Å²) < 4.78 is 0. The molecule has 2 atom stereocenters. The molecule has 0 spiro atoms. The van der Waals surface area contributed by atoms with Crippen LogP contribution in [-0.2, 0) is 21.5 Å². The Balaban J connectivity index is 1.94. The monoisotopic (exact) mass is 503 g/mol. The third-order valence-electron chi connectivity index (χ3n) is 7.00. The van der Waals surface area contributed by atoms with E-state index in [0.717, 1.165) is 48.8 Å². The van der Waals surface area contributed by atoms with Crippen LogP contribution in [0.1, 0.15) is 77.3 Å². The summed E-state index contributed by atoms with van der Waals surface area (Å²) in [5, 5.41) is 15.9. The van der Waals surface area contributed by atoms with E-state index >= 15 is 0 Å². The predicted octanol–water partition coefficient (Wildman–Crippen LogP) is 5.22. The Morgan fingerprint density at radius 2 is 2.06 bits per heavy atom. The van der Waals surface area contributed by atoms with Crippen molar-refractivity contribution in [3.8, 4) is 0 Å². The first-order valence-electron chi connectivity index (χ1n) is 12.5. The number of aliphatic carboxylic acids is 1. The first-order valence-corrected chi connectivity index (χ1v) is 12.9. The van der Waals surface area contributed by atoms with Gasteiger partial charge in [-0.15, -0.1) is 0 Å². The number of fused-ring (bicyclic) bond motifs is 1. The van der Waals surface area contributed by atoms with Crippen LogP contribution in [0.4, 0.5) is 4.79 Å². The number of halogens is 1. The number of carboxylic acid groups (broad SMARTS) is 1. The van der Waals surface area contributed by atoms with E-state index in [1.807, 2.05) is 6.07 Å². The summed E-state index contributed by atoms with van der Waals surface area (Å²) in [5.41, 5.74) is 2.55. The summed E-state index contributed by atoms with van der Waals surface area (Å²) in [6, 6.07) is 5.77. The molecule has 1 aliphatic carbocycles. The highest BCUT2D eigenvalue weighted by atomic mass is 35.5. The fourth-order valence-electron chi connectivity index (χ4n) is 5.16. The van der Waals surface area contributed by atoms with Gasteiger partial charge < -0.3 is 20.6 Å². The van der Waals surface area contributed by atoms with Gasteiger partial charge >= 0.3 is 12.0 Å². The molecule has 0 aromatic heterocycles. The van der Waals surface area contributed by atoms with Crippen LogP contribution >= 0.6 is 11.6 Å². The van der Waals surface area contributed by atoms with Gasteiger partial charge in [0.2, 0.25) is 5.91 Å². The molecule has 1 aromatic rings. The zero-order chi connectivity index (χ0) is 25.8. The summed E-state index contributed by atoms with van der Waals surface area (Å²) in [5.74, 6) is -1.04. The van der Waals surface area contributed by atoms with Gasteiger partial charge in [0.15, 0.2) is 0 Å². The Hall–Kier alpha value is -2.54. The minimum atomic E-state index is -0.958. The lowest BCUT2D eigenvalue weighted by Crippen LogP contribution is -2.58. The number of amides is 3. The van der Waals surface area contributed by atoms with Gasteiger partial charge in [0, 0.05) is 37.2 Å². The second-order valence-corrected chi connectivity index (χ2v) is 11.4. The highest BCUT2D eigenvalue weighted by molar-refractivity contribution is 6.31. The van der Waals surface area contributed by atoms with Crippen molar-refractivity contribution in [1.29, 1.82) is 0 Å². The van der Waals surface area contributed by atoms with Gasteiger partial charge in [0.1, 0.15) is 0 Å². The van der Waals surface area contributed by atoms with Crippen LogP contribution in [0.3, 0.4) is 0 Å². The van der Waals surface area contributed by atoms with Gasteiger partial charge in [-0.25, -0.2) is 4.79 Å². The number of nitrogens with zero attached hydrogens (tertiary/aromatic N) is 1. The quantitative estimate of drug-likeness (QED) is 0.430. The number of carbonyl (C=O) groups is 3. The van der Waals surface area contributed by atoms with Crippen LogP contribution in [0.15, 0.2) is 30.0 Å². The summed E-state index contributed by atoms with van der Waals surface area (Å²) in [7, 11) is 0. The van der Waals surface area contributed by atoms with Gasteiger partial charge in [-0.05, 0) is 66.7 Å². The molecule has 0 radical (unpaired) electrons. The molecule has 7 nitrogen and oxygen atoms in total. The minimum Gasteiger partial charge on any atom is -0.481 e. The molecule has 3 N–H and O–H groups in total. The molecule has 2 unspecified atom stereocenters. The highest BCUT2D eigenvalue weighted by Crippen LogP contribution is 2.47. The van der Waals surface area contributed by atoms with Crippen molar-refractivity contribution < 1.29 is 19.5 Å². The van der Waals surface area contributed by atoms with Crippen LogP contribution in [0.2, 0.25) is 5.02 Å². The first-order chi connectivity index (χ1) is 16.4. The van der Waals surface area contributed by atoms with Crippen LogP contribution in [0.5, 0.6) is 0 Å². The Kier molecular flexibility index (Phi) is 8.52. The normalized spacial score (nSPS) is 22.2. The van der Waals surface area contributed by atoms with E-state index in [9.17, 15) is 14.4 Å². The van der Waals surface area contributed by atoms with Gasteiger partial charge in [-0.1, -0.05) is 44.5 Å². The molecule has 35 heavy (non-hydrogen) atoms. The van der Waals surface area contributed by atoms with E-state index in [1.54, 1.807) is 6.20 Å². The van der Waals surface area contributed by atoms with Crippen molar-refractivity contribution in [2.24, 2.45) is 11.3 Å². The number of urea groups is 1. The summed E-state index contributed by atoms with van der Waals surface area (Å²) in [4.78, 5) is 37.3. The van der Waals surface area contributed by atoms with E-state index in [0.29, 0.717) is 18.0 Å². The Morgan fingerprint density at radius 1 is 1.31 bits per heavy atom. The molecular weight excluding hydrogens is 466 g/mol. The third-order valence-corrected chi connectivity index (χ3v) is 7.35. The van der Waals surface area contributed by atoms with Gasteiger partial charge in [-0.2, -0.15) is 0 Å². The second kappa shape index (κ2) is 11.0. The molecule has 1 fully saturated rings. The number of carbonyl (C=O) groups excluding carboxylic acids is 2. The van der Waals surface area contributed by atoms with Crippen LogP contribution in [0.25, 0.3) is 0 Å². The molecule has 1 aromatic carbocycles. The number of rotatable bonds is 9. The number of aryl methyl sites for hydroxylation is 1. The maximum absolute atomic E-state index is 13.1. The molecule has 192 valence electrons. The van der Waals surface area contributed by atoms with Crippen LogP contribution in [0, 0.1) is 11.3 Å². The Bertz CT molecular complexity index is 1000. The van der Waals surface area contributed by atoms with Crippen LogP contribution in [-0.4, -0.2) is 41.0 Å². The van der Waals surface area contributed by atoms with Crippen molar-refractivity contribution >= 4 is 29.5 Å². The smallest absolute Gasteiger partial charge is 0.322 e. The summed E-state index contributed by atoms with van der Waals surface area (Å²) >= 11 is 6.75. The average molecular weight is 504 g/mol. The van der Waals surface area contributed by atoms with Crippen LogP contribution < -0.4 is 10.6 Å². The van der Waals surface area contributed by atoms with Crippen molar-refractivity contribution in [2.75, 3.05) is 13.1 Å².